The van der Waals surface area contributed by atoms with Crippen LogP contribution in [0.1, 0.15) is 19.0 Å². The number of nitriles is 1. The van der Waals surface area contributed by atoms with E-state index >= 15 is 0 Å². The number of nitrogen functional groups attached to an aromatic ring is 1. The Balaban J connectivity index is 1.87. The van der Waals surface area contributed by atoms with Crippen molar-refractivity contribution < 1.29 is 28.3 Å². The van der Waals surface area contributed by atoms with Crippen LogP contribution in [0.2, 0.25) is 0 Å². The van der Waals surface area contributed by atoms with Crippen LogP contribution < -0.4 is 5.73 Å². The molecule has 1 aliphatic heterocycles. The van der Waals surface area contributed by atoms with E-state index in [-0.39, 0.29) is 31.1 Å². The first-order valence-electron chi connectivity index (χ1n) is 7.80. The fourth-order valence-electron chi connectivity index (χ4n) is 2.91. The van der Waals surface area contributed by atoms with Crippen LogP contribution in [0.5, 0.6) is 0 Å². The molecular formula is C14H18N5O6P. The summed E-state index contributed by atoms with van der Waals surface area (Å²) in [6.45, 7) is 1.23. The Labute approximate surface area is 148 Å². The van der Waals surface area contributed by atoms with Crippen molar-refractivity contribution in [2.24, 2.45) is 0 Å². The van der Waals surface area contributed by atoms with Crippen LogP contribution in [-0.4, -0.2) is 50.0 Å². The van der Waals surface area contributed by atoms with Gasteiger partial charge in [-0.1, -0.05) is 0 Å². The monoisotopic (exact) mass is 383 g/mol. The number of nitrogens with two attached hydrogens (primary N) is 1. The van der Waals surface area contributed by atoms with Gasteiger partial charge in [0.1, 0.15) is 24.0 Å². The molecular weight excluding hydrogens is 365 g/mol. The van der Waals surface area contributed by atoms with E-state index in [4.69, 9.17) is 15.0 Å². The van der Waals surface area contributed by atoms with E-state index < -0.39 is 25.6 Å². The smallest absolute Gasteiger partial charge is 0.388 e. The highest BCUT2D eigenvalue weighted by atomic mass is 31.2. The number of phosphoric ester groups is 1. The van der Waals surface area contributed by atoms with Gasteiger partial charge in [0.15, 0.2) is 5.82 Å². The number of anilines is 1. The Morgan fingerprint density at radius 2 is 2.35 bits per heavy atom. The Morgan fingerprint density at radius 1 is 1.58 bits per heavy atom. The average Bonchev–Trinajstić information content (AvgIpc) is 3.16. The minimum absolute atomic E-state index is 0.00132. The van der Waals surface area contributed by atoms with Gasteiger partial charge in [0.2, 0.25) is 5.60 Å². The number of nitrogens with zero attached hydrogens (tertiary/aromatic N) is 4. The summed E-state index contributed by atoms with van der Waals surface area (Å²) < 4.78 is 28.2. The second-order valence-corrected chi connectivity index (χ2v) is 7.14. The molecule has 0 radical (unpaired) electrons. The molecule has 26 heavy (non-hydrogen) atoms. The Bertz CT molecular complexity index is 898. The number of aliphatic hydroxyl groups excluding tert-OH is 1. The first-order chi connectivity index (χ1) is 12.3. The zero-order chi connectivity index (χ0) is 18.9. The molecule has 3 rings (SSSR count). The van der Waals surface area contributed by atoms with Crippen molar-refractivity contribution in [2.75, 3.05) is 18.9 Å². The van der Waals surface area contributed by atoms with Crippen molar-refractivity contribution in [2.45, 2.75) is 31.2 Å². The van der Waals surface area contributed by atoms with Crippen molar-refractivity contribution in [3.8, 4) is 6.07 Å². The molecule has 2 aromatic heterocycles. The molecule has 3 heterocycles. The van der Waals surface area contributed by atoms with Gasteiger partial charge in [0, 0.05) is 6.42 Å². The number of hydrogen-bond acceptors (Lipinski definition) is 9. The molecule has 1 fully saturated rings. The molecule has 0 saturated carbocycles. The molecule has 11 nitrogen and oxygen atoms in total. The maximum absolute atomic E-state index is 11.6. The summed E-state index contributed by atoms with van der Waals surface area (Å²) in [6, 6.07) is 5.16. The van der Waals surface area contributed by atoms with Gasteiger partial charge in [-0.15, -0.1) is 0 Å². The lowest BCUT2D eigenvalue weighted by atomic mass is 9.94. The van der Waals surface area contributed by atoms with Gasteiger partial charge in [-0.25, -0.2) is 14.1 Å². The van der Waals surface area contributed by atoms with Gasteiger partial charge in [-0.3, -0.25) is 9.05 Å². The number of phosphoric acid groups is 1. The predicted octanol–water partition coefficient (Wildman–Crippen LogP) is 0.334. The standard InChI is InChI=1S/C14H18N5O6P/c1-2-23-26(21,22)24-6-9-5-12(20)14(7-15,25-9)11-4-3-10-13(16)17-8-18-19(10)11/h3-4,8-9,12,20H,2,5-6H2,1H3,(H,21,22)(H2,16,17,18)/t9-,12+,14-/m0/s1. The van der Waals surface area contributed by atoms with E-state index in [0.717, 1.165) is 0 Å². The molecule has 0 bridgehead atoms. The van der Waals surface area contributed by atoms with Gasteiger partial charge in [0.05, 0.1) is 25.0 Å². The topological polar surface area (TPSA) is 165 Å². The summed E-state index contributed by atoms with van der Waals surface area (Å²) in [5.74, 6) is 0.213. The normalized spacial score (nSPS) is 28.1. The third-order valence-electron chi connectivity index (χ3n) is 4.05. The van der Waals surface area contributed by atoms with Crippen LogP contribution in [0.3, 0.4) is 0 Å². The molecule has 1 unspecified atom stereocenters. The lowest BCUT2D eigenvalue weighted by molar-refractivity contribution is -0.0630. The fraction of sp³-hybridized carbons (Fsp3) is 0.500. The predicted molar refractivity (Wildman–Crippen MR) is 87.6 cm³/mol. The molecule has 12 heteroatoms. The van der Waals surface area contributed by atoms with Crippen molar-refractivity contribution in [1.82, 2.24) is 14.6 Å². The van der Waals surface area contributed by atoms with Gasteiger partial charge in [0.25, 0.3) is 0 Å². The third kappa shape index (κ3) is 3.19. The van der Waals surface area contributed by atoms with E-state index in [9.17, 15) is 19.8 Å². The van der Waals surface area contributed by atoms with E-state index in [0.29, 0.717) is 5.52 Å². The van der Waals surface area contributed by atoms with Crippen molar-refractivity contribution in [3.63, 3.8) is 0 Å². The Hall–Kier alpha value is -2.06. The van der Waals surface area contributed by atoms with Crippen molar-refractivity contribution >= 4 is 19.2 Å². The van der Waals surface area contributed by atoms with E-state index in [1.165, 1.54) is 10.8 Å². The maximum Gasteiger partial charge on any atom is 0.472 e. The number of aliphatic hydroxyl groups is 1. The summed E-state index contributed by atoms with van der Waals surface area (Å²) in [5, 5.41) is 24.3. The van der Waals surface area contributed by atoms with Gasteiger partial charge in [-0.05, 0) is 19.1 Å². The average molecular weight is 383 g/mol. The van der Waals surface area contributed by atoms with Gasteiger partial charge in [-0.2, -0.15) is 10.4 Å². The zero-order valence-corrected chi connectivity index (χ0v) is 14.7. The van der Waals surface area contributed by atoms with Gasteiger partial charge >= 0.3 is 7.82 Å². The summed E-state index contributed by atoms with van der Waals surface area (Å²) in [7, 11) is -4.21. The molecule has 0 aromatic carbocycles. The third-order valence-corrected chi connectivity index (χ3v) is 5.11. The Morgan fingerprint density at radius 3 is 3.04 bits per heavy atom. The minimum Gasteiger partial charge on any atom is -0.388 e. The largest absolute Gasteiger partial charge is 0.472 e. The zero-order valence-electron chi connectivity index (χ0n) is 13.8. The van der Waals surface area contributed by atoms with Crippen LogP contribution in [0.4, 0.5) is 5.82 Å². The lowest BCUT2D eigenvalue weighted by Gasteiger charge is -2.24. The van der Waals surface area contributed by atoms with Crippen molar-refractivity contribution in [3.05, 3.63) is 24.2 Å². The van der Waals surface area contributed by atoms with Crippen LogP contribution in [0.15, 0.2) is 18.5 Å². The highest BCUT2D eigenvalue weighted by Gasteiger charge is 2.52. The van der Waals surface area contributed by atoms with Crippen LogP contribution in [0, 0.1) is 11.3 Å². The van der Waals surface area contributed by atoms with E-state index in [2.05, 4.69) is 14.6 Å². The SMILES string of the molecule is CCOP(=O)(O)OC[C@@H]1C[C@@H](O)[C@](C#N)(c2ccc3c(N)ncnn23)O1. The summed E-state index contributed by atoms with van der Waals surface area (Å²) in [4.78, 5) is 13.3. The molecule has 4 atom stereocenters. The molecule has 140 valence electrons. The van der Waals surface area contributed by atoms with Crippen LogP contribution >= 0.6 is 7.82 Å². The number of rotatable bonds is 6. The molecule has 2 aromatic rings. The molecule has 4 N–H and O–H groups in total. The summed E-state index contributed by atoms with van der Waals surface area (Å²) in [6.07, 6.45) is -0.757. The number of aromatic nitrogens is 3. The maximum atomic E-state index is 11.6. The first-order valence-corrected chi connectivity index (χ1v) is 9.30. The second-order valence-electron chi connectivity index (χ2n) is 5.68. The molecule has 1 saturated heterocycles. The van der Waals surface area contributed by atoms with E-state index in [1.807, 2.05) is 6.07 Å². The highest BCUT2D eigenvalue weighted by molar-refractivity contribution is 7.47. The van der Waals surface area contributed by atoms with Crippen LogP contribution in [-0.2, 0) is 24.0 Å². The molecule has 0 aliphatic carbocycles. The minimum atomic E-state index is -4.21. The van der Waals surface area contributed by atoms with Gasteiger partial charge < -0.3 is 20.5 Å². The Kier molecular flexibility index (Phi) is 4.98. The summed E-state index contributed by atoms with van der Waals surface area (Å²) >= 11 is 0. The number of hydrogen-bond donors (Lipinski definition) is 3. The van der Waals surface area contributed by atoms with Crippen molar-refractivity contribution in [1.29, 1.82) is 5.26 Å². The quantitative estimate of drug-likeness (QED) is 0.592. The molecule has 0 spiro atoms. The summed E-state index contributed by atoms with van der Waals surface area (Å²) in [5.41, 5.74) is 4.79. The van der Waals surface area contributed by atoms with E-state index in [1.54, 1.807) is 19.1 Å². The highest BCUT2D eigenvalue weighted by Crippen LogP contribution is 2.45. The molecule has 1 aliphatic rings. The number of fused-ring (bicyclic) bond motifs is 1. The fourth-order valence-corrected chi connectivity index (χ4v) is 3.66. The first kappa shape index (κ1) is 18.7. The molecule has 0 amide bonds. The van der Waals surface area contributed by atoms with Crippen LogP contribution in [0.25, 0.3) is 5.52 Å². The lowest BCUT2D eigenvalue weighted by Crippen LogP contribution is -2.36. The number of ether oxygens (including phenoxy) is 1. The second kappa shape index (κ2) is 6.92.